The second-order valence-electron chi connectivity index (χ2n) is 5.08. The highest BCUT2D eigenvalue weighted by molar-refractivity contribution is 5.95. The van der Waals surface area contributed by atoms with Crippen LogP contribution >= 0.6 is 0 Å². The molecule has 4 aromatic rings. The number of hydrogen-bond donors (Lipinski definition) is 2. The third-order valence-electron chi connectivity index (χ3n) is 3.73. The summed E-state index contributed by atoms with van der Waals surface area (Å²) in [6.45, 7) is 0. The summed E-state index contributed by atoms with van der Waals surface area (Å²) >= 11 is 0. The Labute approximate surface area is 130 Å². The Morgan fingerprint density at radius 1 is 0.870 bits per heavy atom. The molecule has 2 N–H and O–H groups in total. The van der Waals surface area contributed by atoms with Gasteiger partial charge >= 0.3 is 5.69 Å². The number of hydrogen-bond acceptors (Lipinski definition) is 3. The van der Waals surface area contributed by atoms with Gasteiger partial charge in [0.05, 0.1) is 5.56 Å². The lowest BCUT2D eigenvalue weighted by atomic mass is 10.1. The van der Waals surface area contributed by atoms with Crippen molar-refractivity contribution >= 4 is 10.9 Å². The van der Waals surface area contributed by atoms with E-state index < -0.39 is 11.2 Å². The molecule has 6 heteroatoms. The summed E-state index contributed by atoms with van der Waals surface area (Å²) in [4.78, 5) is 34.7. The Hall–Kier alpha value is -3.41. The Morgan fingerprint density at radius 3 is 2.48 bits per heavy atom. The van der Waals surface area contributed by atoms with Crippen LogP contribution in [0.3, 0.4) is 0 Å². The lowest BCUT2D eigenvalue weighted by Gasteiger charge is -2.05. The third kappa shape index (κ3) is 2.08. The smallest absolute Gasteiger partial charge is 0.334 e. The van der Waals surface area contributed by atoms with Crippen LogP contribution < -0.4 is 11.2 Å². The summed E-state index contributed by atoms with van der Waals surface area (Å²) < 4.78 is 1.04. The summed E-state index contributed by atoms with van der Waals surface area (Å²) in [5, 5.41) is 0.921. The summed E-state index contributed by atoms with van der Waals surface area (Å²) in [5.41, 5.74) is 1.16. The van der Waals surface area contributed by atoms with Gasteiger partial charge < -0.3 is 9.97 Å². The zero-order valence-electron chi connectivity index (χ0n) is 12.0. The fourth-order valence-corrected chi connectivity index (χ4v) is 2.65. The molecule has 0 radical (unpaired) electrons. The molecule has 0 amide bonds. The largest absolute Gasteiger partial charge is 0.361 e. The summed E-state index contributed by atoms with van der Waals surface area (Å²) in [6.07, 6.45) is 4.75. The van der Waals surface area contributed by atoms with E-state index >= 15 is 0 Å². The van der Waals surface area contributed by atoms with Crippen molar-refractivity contribution in [1.29, 1.82) is 0 Å². The van der Waals surface area contributed by atoms with Crippen molar-refractivity contribution in [1.82, 2.24) is 19.5 Å². The van der Waals surface area contributed by atoms with E-state index in [0.29, 0.717) is 11.4 Å². The topological polar surface area (TPSA) is 83.5 Å². The molecule has 0 bridgehead atoms. The zero-order chi connectivity index (χ0) is 15.8. The zero-order valence-corrected chi connectivity index (χ0v) is 12.0. The highest BCUT2D eigenvalue weighted by atomic mass is 16.2. The first-order valence-corrected chi connectivity index (χ1v) is 7.08. The molecular weight excluding hydrogens is 292 g/mol. The van der Waals surface area contributed by atoms with Crippen LogP contribution in [0.2, 0.25) is 0 Å². The molecule has 1 aromatic carbocycles. The molecule has 0 aliphatic heterocycles. The van der Waals surface area contributed by atoms with E-state index in [1.165, 1.54) is 6.20 Å². The maximum Gasteiger partial charge on any atom is 0.334 e. The van der Waals surface area contributed by atoms with Crippen LogP contribution in [0.15, 0.2) is 70.6 Å². The number of fused-ring (bicyclic) bond motifs is 1. The predicted molar refractivity (Wildman–Crippen MR) is 87.7 cm³/mol. The lowest BCUT2D eigenvalue weighted by Crippen LogP contribution is -2.34. The second kappa shape index (κ2) is 5.10. The standard InChI is InChI=1S/C17H12N4O2/c22-16-13(12-9-19-14-6-2-1-5-11(12)14)10-20-17(23)21(16)15-7-3-4-8-18-15/h1-10,19H,(H,20,23). The van der Waals surface area contributed by atoms with Crippen molar-refractivity contribution in [2.24, 2.45) is 0 Å². The fourth-order valence-electron chi connectivity index (χ4n) is 2.65. The second-order valence-corrected chi connectivity index (χ2v) is 5.08. The normalized spacial score (nSPS) is 11.0. The number of aromatic nitrogens is 4. The van der Waals surface area contributed by atoms with Crippen molar-refractivity contribution in [2.45, 2.75) is 0 Å². The minimum atomic E-state index is -0.516. The highest BCUT2D eigenvalue weighted by Crippen LogP contribution is 2.25. The molecule has 0 aliphatic rings. The Balaban J connectivity index is 2.02. The molecule has 0 atom stereocenters. The van der Waals surface area contributed by atoms with Crippen molar-refractivity contribution in [3.05, 3.63) is 81.9 Å². The van der Waals surface area contributed by atoms with Gasteiger partial charge in [0.25, 0.3) is 5.56 Å². The van der Waals surface area contributed by atoms with E-state index in [4.69, 9.17) is 0 Å². The van der Waals surface area contributed by atoms with Crippen molar-refractivity contribution in [3.63, 3.8) is 0 Å². The van der Waals surface area contributed by atoms with E-state index in [1.54, 1.807) is 30.6 Å². The van der Waals surface area contributed by atoms with Gasteiger partial charge in [0.2, 0.25) is 0 Å². The molecule has 0 unspecified atom stereocenters. The maximum absolute atomic E-state index is 12.8. The number of pyridine rings is 1. The minimum absolute atomic E-state index is 0.292. The van der Waals surface area contributed by atoms with Crippen LogP contribution in [-0.2, 0) is 0 Å². The van der Waals surface area contributed by atoms with Crippen LogP contribution in [0, 0.1) is 0 Å². The first-order chi connectivity index (χ1) is 11.3. The van der Waals surface area contributed by atoms with E-state index in [1.807, 2.05) is 24.3 Å². The predicted octanol–water partition coefficient (Wildman–Crippen LogP) is 2.07. The number of benzene rings is 1. The van der Waals surface area contributed by atoms with Crippen LogP contribution in [0.4, 0.5) is 0 Å². The third-order valence-corrected chi connectivity index (χ3v) is 3.73. The Kier molecular flexibility index (Phi) is 2.94. The average molecular weight is 304 g/mol. The Morgan fingerprint density at radius 2 is 1.65 bits per heavy atom. The summed E-state index contributed by atoms with van der Waals surface area (Å²) in [5.74, 6) is 0.292. The molecule has 0 saturated heterocycles. The number of aromatic amines is 2. The number of para-hydroxylation sites is 1. The van der Waals surface area contributed by atoms with Gasteiger partial charge in [-0.3, -0.25) is 4.79 Å². The average Bonchev–Trinajstić information content (AvgIpc) is 3.00. The first-order valence-electron chi connectivity index (χ1n) is 7.08. The molecule has 0 spiro atoms. The maximum atomic E-state index is 12.8. The van der Waals surface area contributed by atoms with E-state index in [-0.39, 0.29) is 0 Å². The first kappa shape index (κ1) is 13.3. The molecule has 4 rings (SSSR count). The van der Waals surface area contributed by atoms with E-state index in [0.717, 1.165) is 21.0 Å². The number of nitrogens with one attached hydrogen (secondary N) is 2. The van der Waals surface area contributed by atoms with E-state index in [2.05, 4.69) is 15.0 Å². The van der Waals surface area contributed by atoms with Crippen LogP contribution in [0.5, 0.6) is 0 Å². The molecule has 112 valence electrons. The van der Waals surface area contributed by atoms with E-state index in [9.17, 15) is 9.59 Å². The fraction of sp³-hybridized carbons (Fsp3) is 0. The molecule has 0 fully saturated rings. The van der Waals surface area contributed by atoms with Crippen LogP contribution in [0.1, 0.15) is 0 Å². The number of nitrogens with zero attached hydrogens (tertiary/aromatic N) is 2. The molecule has 6 nitrogen and oxygen atoms in total. The lowest BCUT2D eigenvalue weighted by molar-refractivity contribution is 0.850. The molecular formula is C17H12N4O2. The van der Waals surface area contributed by atoms with Gasteiger partial charge in [0, 0.05) is 35.1 Å². The minimum Gasteiger partial charge on any atom is -0.361 e. The Bertz CT molecular complexity index is 1110. The summed E-state index contributed by atoms with van der Waals surface area (Å²) in [7, 11) is 0. The van der Waals surface area contributed by atoms with Gasteiger partial charge in [-0.1, -0.05) is 24.3 Å². The SMILES string of the molecule is O=c1[nH]cc(-c2c[nH]c3ccccc23)c(=O)n1-c1ccccn1. The number of rotatable bonds is 2. The quantitative estimate of drug-likeness (QED) is 0.594. The van der Waals surface area contributed by atoms with Gasteiger partial charge in [0.1, 0.15) is 5.82 Å². The van der Waals surface area contributed by atoms with Crippen molar-refractivity contribution in [2.75, 3.05) is 0 Å². The van der Waals surface area contributed by atoms with Gasteiger partial charge in [-0.25, -0.2) is 14.3 Å². The van der Waals surface area contributed by atoms with Crippen molar-refractivity contribution < 1.29 is 0 Å². The molecule has 0 saturated carbocycles. The van der Waals surface area contributed by atoms with Crippen LogP contribution in [-0.4, -0.2) is 19.5 Å². The van der Waals surface area contributed by atoms with Gasteiger partial charge in [-0.2, -0.15) is 0 Å². The molecule has 3 aromatic heterocycles. The molecule has 0 aliphatic carbocycles. The van der Waals surface area contributed by atoms with Gasteiger partial charge in [0.15, 0.2) is 0 Å². The van der Waals surface area contributed by atoms with Crippen LogP contribution in [0.25, 0.3) is 27.8 Å². The van der Waals surface area contributed by atoms with Gasteiger partial charge in [-0.15, -0.1) is 0 Å². The highest BCUT2D eigenvalue weighted by Gasteiger charge is 2.14. The number of H-pyrrole nitrogens is 2. The summed E-state index contributed by atoms with van der Waals surface area (Å²) in [6, 6.07) is 12.8. The van der Waals surface area contributed by atoms with Crippen molar-refractivity contribution in [3.8, 4) is 16.9 Å². The molecule has 23 heavy (non-hydrogen) atoms. The van der Waals surface area contributed by atoms with Gasteiger partial charge in [-0.05, 0) is 18.2 Å². The molecule has 3 heterocycles. The monoisotopic (exact) mass is 304 g/mol.